The van der Waals surface area contributed by atoms with Gasteiger partial charge in [-0.05, 0) is 19.4 Å². The molecule has 1 aromatic heterocycles. The van der Waals surface area contributed by atoms with Crippen molar-refractivity contribution in [2.45, 2.75) is 32.4 Å². The van der Waals surface area contributed by atoms with Crippen LogP contribution in [-0.4, -0.2) is 32.6 Å². The minimum absolute atomic E-state index is 0.181. The van der Waals surface area contributed by atoms with Crippen LogP contribution < -0.4 is 10.7 Å². The number of nitrogens with zero attached hydrogens (tertiary/aromatic N) is 1. The Hall–Kier alpha value is -3.42. The number of nitrogens with one attached hydrogen (secondary N) is 1. The van der Waals surface area contributed by atoms with Crippen LogP contribution in [0, 0.1) is 0 Å². The lowest BCUT2D eigenvalue weighted by molar-refractivity contribution is -0.137. The molecule has 0 spiro atoms. The number of hydrogen-bond acceptors (Lipinski definition) is 4. The summed E-state index contributed by atoms with van der Waals surface area (Å²) in [6, 6.07) is 7.43. The summed E-state index contributed by atoms with van der Waals surface area (Å²) in [6.45, 7) is 3.55. The van der Waals surface area contributed by atoms with E-state index in [1.54, 1.807) is 44.2 Å². The first-order chi connectivity index (χ1) is 12.7. The van der Waals surface area contributed by atoms with E-state index in [1.807, 2.05) is 0 Å². The number of hydrogen-bond donors (Lipinski definition) is 3. The van der Waals surface area contributed by atoms with Crippen molar-refractivity contribution in [3.8, 4) is 0 Å². The fourth-order valence-electron chi connectivity index (χ4n) is 2.56. The molecule has 2 aromatic rings. The molecule has 0 saturated heterocycles. The number of aromatic nitrogens is 1. The first kappa shape index (κ1) is 19.9. The lowest BCUT2D eigenvalue weighted by Gasteiger charge is -2.19. The van der Waals surface area contributed by atoms with Crippen molar-refractivity contribution >= 4 is 17.8 Å². The number of amides is 1. The number of carbonyl (C=O) groups excluding carboxylic acids is 1. The number of benzene rings is 1. The number of carboxylic acid groups (broad SMARTS) is 2. The van der Waals surface area contributed by atoms with Gasteiger partial charge in [-0.1, -0.05) is 30.3 Å². The lowest BCUT2D eigenvalue weighted by Crippen LogP contribution is -2.35. The van der Waals surface area contributed by atoms with Crippen LogP contribution in [0.1, 0.15) is 58.6 Å². The maximum atomic E-state index is 12.7. The molecular formula is C19H20N2O6. The molecule has 0 saturated carbocycles. The van der Waals surface area contributed by atoms with E-state index in [2.05, 4.69) is 5.32 Å². The average Bonchev–Trinajstić information content (AvgIpc) is 2.61. The largest absolute Gasteiger partial charge is 0.481 e. The van der Waals surface area contributed by atoms with Crippen LogP contribution in [0.2, 0.25) is 0 Å². The summed E-state index contributed by atoms with van der Waals surface area (Å²) >= 11 is 0. The second kappa shape index (κ2) is 8.31. The smallest absolute Gasteiger partial charge is 0.341 e. The molecular weight excluding hydrogens is 352 g/mol. The summed E-state index contributed by atoms with van der Waals surface area (Å²) in [7, 11) is 0. The van der Waals surface area contributed by atoms with Gasteiger partial charge in [-0.25, -0.2) is 4.79 Å². The maximum Gasteiger partial charge on any atom is 0.341 e. The van der Waals surface area contributed by atoms with Crippen LogP contribution in [-0.2, 0) is 4.79 Å². The third-order valence-corrected chi connectivity index (χ3v) is 4.00. The SMILES string of the molecule is CC(C)n1cc(C(=O)O)c(=O)c(C(=O)N[C@@H](CC(=O)O)c2ccccc2)c1. The normalized spacial score (nSPS) is 11.8. The molecule has 1 aromatic carbocycles. The average molecular weight is 372 g/mol. The second-order valence-electron chi connectivity index (χ2n) is 6.30. The summed E-state index contributed by atoms with van der Waals surface area (Å²) in [5.74, 6) is -3.38. The first-order valence-electron chi connectivity index (χ1n) is 8.27. The molecule has 8 nitrogen and oxygen atoms in total. The van der Waals surface area contributed by atoms with Crippen molar-refractivity contribution in [3.63, 3.8) is 0 Å². The van der Waals surface area contributed by atoms with E-state index in [0.29, 0.717) is 5.56 Å². The molecule has 0 aliphatic rings. The lowest BCUT2D eigenvalue weighted by atomic mass is 10.0. The highest BCUT2D eigenvalue weighted by atomic mass is 16.4. The summed E-state index contributed by atoms with van der Waals surface area (Å²) in [5.41, 5.74) is -1.23. The second-order valence-corrected chi connectivity index (χ2v) is 6.30. The van der Waals surface area contributed by atoms with Crippen molar-refractivity contribution in [1.29, 1.82) is 0 Å². The van der Waals surface area contributed by atoms with Gasteiger partial charge in [-0.2, -0.15) is 0 Å². The molecule has 142 valence electrons. The predicted molar refractivity (Wildman–Crippen MR) is 96.9 cm³/mol. The molecule has 0 radical (unpaired) electrons. The van der Waals surface area contributed by atoms with Gasteiger partial charge in [0.25, 0.3) is 5.91 Å². The van der Waals surface area contributed by atoms with Gasteiger partial charge in [0.05, 0.1) is 12.5 Å². The van der Waals surface area contributed by atoms with Gasteiger partial charge < -0.3 is 20.1 Å². The Labute approximate surface area is 155 Å². The van der Waals surface area contributed by atoms with Crippen molar-refractivity contribution in [1.82, 2.24) is 9.88 Å². The summed E-state index contributed by atoms with van der Waals surface area (Å²) in [4.78, 5) is 47.6. The molecule has 1 heterocycles. The number of pyridine rings is 1. The maximum absolute atomic E-state index is 12.7. The summed E-state index contributed by atoms with van der Waals surface area (Å²) in [6.07, 6.45) is 2.07. The molecule has 3 N–H and O–H groups in total. The standard InChI is InChI=1S/C19H20N2O6/c1-11(2)21-9-13(17(24)14(10-21)19(26)27)18(25)20-15(8-16(22)23)12-6-4-3-5-7-12/h3-7,9-11,15H,8H2,1-2H3,(H,20,25)(H,22,23)(H,26,27)/t15-/m0/s1. The Balaban J connectivity index is 2.44. The van der Waals surface area contributed by atoms with E-state index in [4.69, 9.17) is 5.11 Å². The van der Waals surface area contributed by atoms with E-state index in [-0.39, 0.29) is 18.0 Å². The molecule has 2 rings (SSSR count). The summed E-state index contributed by atoms with van der Waals surface area (Å²) in [5, 5.41) is 20.9. The monoisotopic (exact) mass is 372 g/mol. The van der Waals surface area contributed by atoms with Gasteiger partial charge in [0, 0.05) is 18.4 Å². The minimum atomic E-state index is -1.44. The topological polar surface area (TPSA) is 126 Å². The van der Waals surface area contributed by atoms with E-state index in [0.717, 1.165) is 0 Å². The van der Waals surface area contributed by atoms with E-state index in [1.165, 1.54) is 17.0 Å². The molecule has 0 fully saturated rings. The van der Waals surface area contributed by atoms with Crippen molar-refractivity contribution in [3.05, 3.63) is 69.6 Å². The molecule has 1 atom stereocenters. The third-order valence-electron chi connectivity index (χ3n) is 4.00. The van der Waals surface area contributed by atoms with Gasteiger partial charge in [-0.3, -0.25) is 14.4 Å². The molecule has 27 heavy (non-hydrogen) atoms. The molecule has 8 heteroatoms. The third kappa shape index (κ3) is 4.81. The van der Waals surface area contributed by atoms with E-state index >= 15 is 0 Å². The molecule has 1 amide bonds. The van der Waals surface area contributed by atoms with Crippen molar-refractivity contribution in [2.24, 2.45) is 0 Å². The molecule has 0 unspecified atom stereocenters. The summed E-state index contributed by atoms with van der Waals surface area (Å²) < 4.78 is 1.45. The van der Waals surface area contributed by atoms with Crippen LogP contribution in [0.25, 0.3) is 0 Å². The van der Waals surface area contributed by atoms with Crippen LogP contribution in [0.4, 0.5) is 0 Å². The fraction of sp³-hybridized carbons (Fsp3) is 0.263. The number of aromatic carboxylic acids is 1. The zero-order valence-corrected chi connectivity index (χ0v) is 14.9. The van der Waals surface area contributed by atoms with Crippen LogP contribution >= 0.6 is 0 Å². The fourth-order valence-corrected chi connectivity index (χ4v) is 2.56. The Morgan fingerprint density at radius 1 is 1.04 bits per heavy atom. The van der Waals surface area contributed by atoms with Crippen LogP contribution in [0.15, 0.2) is 47.5 Å². The van der Waals surface area contributed by atoms with Crippen molar-refractivity contribution in [2.75, 3.05) is 0 Å². The molecule has 0 bridgehead atoms. The number of carbonyl (C=O) groups is 3. The van der Waals surface area contributed by atoms with E-state index < -0.39 is 34.9 Å². The Kier molecular flexibility index (Phi) is 6.12. The highest BCUT2D eigenvalue weighted by molar-refractivity contribution is 5.97. The van der Waals surface area contributed by atoms with Gasteiger partial charge in [0.2, 0.25) is 5.43 Å². The van der Waals surface area contributed by atoms with Gasteiger partial charge >= 0.3 is 11.9 Å². The van der Waals surface area contributed by atoms with Gasteiger partial charge in [0.15, 0.2) is 0 Å². The zero-order valence-electron chi connectivity index (χ0n) is 14.9. The minimum Gasteiger partial charge on any atom is -0.481 e. The predicted octanol–water partition coefficient (Wildman–Crippen LogP) is 2.07. The first-order valence-corrected chi connectivity index (χ1v) is 8.27. The van der Waals surface area contributed by atoms with E-state index in [9.17, 15) is 24.3 Å². The Morgan fingerprint density at radius 2 is 1.63 bits per heavy atom. The molecule has 0 aliphatic carbocycles. The highest BCUT2D eigenvalue weighted by Gasteiger charge is 2.23. The van der Waals surface area contributed by atoms with Crippen molar-refractivity contribution < 1.29 is 24.6 Å². The number of carboxylic acids is 2. The molecule has 0 aliphatic heterocycles. The van der Waals surface area contributed by atoms with Crippen LogP contribution in [0.5, 0.6) is 0 Å². The Bertz CT molecular complexity index is 918. The quantitative estimate of drug-likeness (QED) is 0.683. The Morgan fingerprint density at radius 3 is 2.15 bits per heavy atom. The number of rotatable bonds is 7. The van der Waals surface area contributed by atoms with Gasteiger partial charge in [0.1, 0.15) is 11.1 Å². The zero-order chi connectivity index (χ0) is 20.1. The number of aliphatic carboxylic acids is 1. The van der Waals surface area contributed by atoms with Gasteiger partial charge in [-0.15, -0.1) is 0 Å². The highest BCUT2D eigenvalue weighted by Crippen LogP contribution is 2.17. The van der Waals surface area contributed by atoms with Crippen LogP contribution in [0.3, 0.4) is 0 Å².